The first kappa shape index (κ1) is 17.3. The molecule has 0 saturated heterocycles. The second-order valence-corrected chi connectivity index (χ2v) is 5.72. The van der Waals surface area contributed by atoms with Crippen LogP contribution in [0.3, 0.4) is 0 Å². The molecule has 23 heavy (non-hydrogen) atoms. The molecule has 1 aromatic rings. The number of rotatable bonds is 6. The number of halogens is 1. The molecule has 6 nitrogen and oxygen atoms in total. The van der Waals surface area contributed by atoms with Gasteiger partial charge in [-0.15, -0.1) is 0 Å². The third-order valence-electron chi connectivity index (χ3n) is 3.35. The van der Waals surface area contributed by atoms with Gasteiger partial charge in [0.15, 0.2) is 0 Å². The predicted molar refractivity (Wildman–Crippen MR) is 88.0 cm³/mol. The van der Waals surface area contributed by atoms with Crippen molar-refractivity contribution in [3.63, 3.8) is 0 Å². The van der Waals surface area contributed by atoms with Crippen molar-refractivity contribution in [1.29, 1.82) is 0 Å². The largest absolute Gasteiger partial charge is 0.463 e. The lowest BCUT2D eigenvalue weighted by molar-refractivity contribution is -0.138. The zero-order valence-electron chi connectivity index (χ0n) is 13.2. The van der Waals surface area contributed by atoms with E-state index < -0.39 is 5.97 Å². The van der Waals surface area contributed by atoms with E-state index in [9.17, 15) is 9.59 Å². The van der Waals surface area contributed by atoms with E-state index in [0.717, 1.165) is 5.56 Å². The Balaban J connectivity index is 2.10. The van der Waals surface area contributed by atoms with Crippen molar-refractivity contribution in [2.45, 2.75) is 13.5 Å². The van der Waals surface area contributed by atoms with Crippen LogP contribution in [0.25, 0.3) is 0 Å². The molecule has 1 aliphatic rings. The number of benzene rings is 1. The molecular formula is C16H20ClN3O3. The van der Waals surface area contributed by atoms with Crippen LogP contribution in [0.2, 0.25) is 5.02 Å². The van der Waals surface area contributed by atoms with Crippen LogP contribution in [-0.4, -0.2) is 43.6 Å². The number of hydrogen-bond donors (Lipinski definition) is 2. The second-order valence-electron chi connectivity index (χ2n) is 5.29. The zero-order valence-corrected chi connectivity index (χ0v) is 13.9. The number of likely N-dealkylation sites (N-methyl/N-ethyl adjacent to an activating group) is 1. The molecule has 2 N–H and O–H groups in total. The Labute approximate surface area is 140 Å². The first-order valence-corrected chi connectivity index (χ1v) is 7.74. The lowest BCUT2D eigenvalue weighted by Crippen LogP contribution is -2.46. The molecule has 1 aliphatic heterocycles. The van der Waals surface area contributed by atoms with Crippen molar-refractivity contribution in [2.24, 2.45) is 0 Å². The Bertz CT molecular complexity index is 631. The summed E-state index contributed by atoms with van der Waals surface area (Å²) in [7, 11) is 1.91. The monoisotopic (exact) mass is 337 g/mol. The van der Waals surface area contributed by atoms with Crippen LogP contribution >= 0.6 is 11.6 Å². The van der Waals surface area contributed by atoms with Gasteiger partial charge in [-0.05, 0) is 31.7 Å². The summed E-state index contributed by atoms with van der Waals surface area (Å²) >= 11 is 5.98. The molecule has 0 aliphatic carbocycles. The average molecular weight is 338 g/mol. The van der Waals surface area contributed by atoms with Gasteiger partial charge < -0.3 is 15.4 Å². The third kappa shape index (κ3) is 4.97. The van der Waals surface area contributed by atoms with Crippen LogP contribution < -0.4 is 10.6 Å². The smallest absolute Gasteiger partial charge is 0.337 e. The van der Waals surface area contributed by atoms with Gasteiger partial charge in [-0.1, -0.05) is 23.7 Å². The van der Waals surface area contributed by atoms with Gasteiger partial charge in [0.2, 0.25) is 0 Å². The SMILES string of the molecule is CCOC(=O)C1=C(CN(C)Cc2cccc(Cl)c2)NC(=O)NC1. The lowest BCUT2D eigenvalue weighted by Gasteiger charge is -2.25. The van der Waals surface area contributed by atoms with Crippen molar-refractivity contribution >= 4 is 23.6 Å². The number of ether oxygens (including phenoxy) is 1. The quantitative estimate of drug-likeness (QED) is 0.778. The number of hydrogen-bond acceptors (Lipinski definition) is 4. The van der Waals surface area contributed by atoms with Crippen molar-refractivity contribution in [3.8, 4) is 0 Å². The first-order chi connectivity index (χ1) is 11.0. The summed E-state index contributed by atoms with van der Waals surface area (Å²) in [6.07, 6.45) is 0. The topological polar surface area (TPSA) is 70.7 Å². The Morgan fingerprint density at radius 3 is 2.87 bits per heavy atom. The second kappa shape index (κ2) is 7.99. The molecule has 0 atom stereocenters. The molecule has 124 valence electrons. The number of esters is 1. The van der Waals surface area contributed by atoms with Crippen molar-refractivity contribution in [1.82, 2.24) is 15.5 Å². The number of nitrogens with one attached hydrogen (secondary N) is 2. The molecule has 1 aromatic carbocycles. The number of carbonyl (C=O) groups excluding carboxylic acids is 2. The lowest BCUT2D eigenvalue weighted by atomic mass is 10.1. The number of amides is 2. The van der Waals surface area contributed by atoms with E-state index in [4.69, 9.17) is 16.3 Å². The Morgan fingerprint density at radius 2 is 2.17 bits per heavy atom. The standard InChI is InChI=1S/C16H20ClN3O3/c1-3-23-15(21)13-8-18-16(22)19-14(13)10-20(2)9-11-5-4-6-12(17)7-11/h4-7H,3,8-10H2,1-2H3,(H2,18,19,22). The highest BCUT2D eigenvalue weighted by Crippen LogP contribution is 2.14. The maximum atomic E-state index is 12.0. The van der Waals surface area contributed by atoms with E-state index in [2.05, 4.69) is 10.6 Å². The molecule has 7 heteroatoms. The first-order valence-electron chi connectivity index (χ1n) is 7.36. The maximum Gasteiger partial charge on any atom is 0.337 e. The maximum absolute atomic E-state index is 12.0. The van der Waals surface area contributed by atoms with Crippen LogP contribution in [0.1, 0.15) is 12.5 Å². The minimum atomic E-state index is -0.411. The summed E-state index contributed by atoms with van der Waals surface area (Å²) in [4.78, 5) is 25.5. The van der Waals surface area contributed by atoms with E-state index in [1.165, 1.54) is 0 Å². The van der Waals surface area contributed by atoms with E-state index in [1.807, 2.05) is 36.2 Å². The molecule has 2 rings (SSSR count). The van der Waals surface area contributed by atoms with Crippen LogP contribution in [0.4, 0.5) is 4.79 Å². The molecular weight excluding hydrogens is 318 g/mol. The highest BCUT2D eigenvalue weighted by atomic mass is 35.5. The average Bonchev–Trinajstić information content (AvgIpc) is 2.47. The summed E-state index contributed by atoms with van der Waals surface area (Å²) in [5, 5.41) is 5.96. The van der Waals surface area contributed by atoms with Gasteiger partial charge in [0.05, 0.1) is 18.7 Å². The molecule has 0 unspecified atom stereocenters. The molecule has 0 aromatic heterocycles. The fourth-order valence-electron chi connectivity index (χ4n) is 2.35. The minimum absolute atomic E-state index is 0.172. The van der Waals surface area contributed by atoms with Gasteiger partial charge in [-0.2, -0.15) is 0 Å². The summed E-state index contributed by atoms with van der Waals surface area (Å²) in [5.41, 5.74) is 2.07. The van der Waals surface area contributed by atoms with Gasteiger partial charge in [-0.3, -0.25) is 4.90 Å². The van der Waals surface area contributed by atoms with Gasteiger partial charge in [0, 0.05) is 23.8 Å². The van der Waals surface area contributed by atoms with E-state index in [0.29, 0.717) is 36.0 Å². The molecule has 0 saturated carbocycles. The Hall–Kier alpha value is -2.05. The molecule has 0 bridgehead atoms. The van der Waals surface area contributed by atoms with Gasteiger partial charge >= 0.3 is 12.0 Å². The number of urea groups is 1. The van der Waals surface area contributed by atoms with Crippen LogP contribution in [-0.2, 0) is 16.1 Å². The zero-order chi connectivity index (χ0) is 16.8. The Morgan fingerprint density at radius 1 is 1.39 bits per heavy atom. The van der Waals surface area contributed by atoms with Crippen molar-refractivity contribution in [3.05, 3.63) is 46.1 Å². The minimum Gasteiger partial charge on any atom is -0.463 e. The fraction of sp³-hybridized carbons (Fsp3) is 0.375. The normalized spacial score (nSPS) is 14.5. The van der Waals surface area contributed by atoms with Crippen molar-refractivity contribution < 1.29 is 14.3 Å². The summed E-state index contributed by atoms with van der Waals surface area (Å²) in [6.45, 7) is 3.28. The van der Waals surface area contributed by atoms with Crippen LogP contribution in [0.15, 0.2) is 35.5 Å². The summed E-state index contributed by atoms with van der Waals surface area (Å²) < 4.78 is 5.04. The molecule has 1 heterocycles. The van der Waals surface area contributed by atoms with Crippen LogP contribution in [0.5, 0.6) is 0 Å². The summed E-state index contributed by atoms with van der Waals surface area (Å²) in [5.74, 6) is -0.411. The van der Waals surface area contributed by atoms with Crippen molar-refractivity contribution in [2.75, 3.05) is 26.7 Å². The van der Waals surface area contributed by atoms with Gasteiger partial charge in [-0.25, -0.2) is 9.59 Å². The van der Waals surface area contributed by atoms with Gasteiger partial charge in [0.1, 0.15) is 0 Å². The van der Waals surface area contributed by atoms with E-state index in [1.54, 1.807) is 6.92 Å². The Kier molecular flexibility index (Phi) is 6.01. The van der Waals surface area contributed by atoms with E-state index in [-0.39, 0.29) is 12.6 Å². The van der Waals surface area contributed by atoms with Crippen LogP contribution in [0, 0.1) is 0 Å². The molecule has 0 radical (unpaired) electrons. The highest BCUT2D eigenvalue weighted by molar-refractivity contribution is 6.30. The van der Waals surface area contributed by atoms with Gasteiger partial charge in [0.25, 0.3) is 0 Å². The highest BCUT2D eigenvalue weighted by Gasteiger charge is 2.24. The predicted octanol–water partition coefficient (Wildman–Crippen LogP) is 1.90. The molecule has 2 amide bonds. The fourth-order valence-corrected chi connectivity index (χ4v) is 2.57. The number of nitrogens with zero attached hydrogens (tertiary/aromatic N) is 1. The third-order valence-corrected chi connectivity index (χ3v) is 3.58. The van der Waals surface area contributed by atoms with E-state index >= 15 is 0 Å². The number of carbonyl (C=O) groups is 2. The molecule has 0 fully saturated rings. The summed E-state index contributed by atoms with van der Waals surface area (Å²) in [6, 6.07) is 7.26. The molecule has 0 spiro atoms.